The van der Waals surface area contributed by atoms with Crippen LogP contribution < -0.4 is 5.32 Å². The highest BCUT2D eigenvalue weighted by Gasteiger charge is 2.17. The number of nitrogens with one attached hydrogen (secondary N) is 1. The van der Waals surface area contributed by atoms with E-state index in [4.69, 9.17) is 0 Å². The van der Waals surface area contributed by atoms with Gasteiger partial charge in [0.1, 0.15) is 5.82 Å². The van der Waals surface area contributed by atoms with Crippen LogP contribution in [0.4, 0.5) is 5.69 Å². The number of nitrogens with zero attached hydrogens (tertiary/aromatic N) is 2. The van der Waals surface area contributed by atoms with Crippen LogP contribution in [0.2, 0.25) is 0 Å². The van der Waals surface area contributed by atoms with Gasteiger partial charge in [0.05, 0.1) is 0 Å². The minimum absolute atomic E-state index is 0.137. The van der Waals surface area contributed by atoms with E-state index in [9.17, 15) is 4.79 Å². The Labute approximate surface area is 149 Å². The topological polar surface area (TPSA) is 46.9 Å². The number of carbonyl (C=O) groups excluding carboxylic acids is 1. The van der Waals surface area contributed by atoms with Crippen LogP contribution in [-0.4, -0.2) is 15.5 Å². The van der Waals surface area contributed by atoms with E-state index < -0.39 is 0 Å². The molecule has 1 aliphatic carbocycles. The quantitative estimate of drug-likeness (QED) is 0.852. The summed E-state index contributed by atoms with van der Waals surface area (Å²) in [6.45, 7) is 1.06. The third-order valence-electron chi connectivity index (χ3n) is 5.68. The molecule has 2 heterocycles. The van der Waals surface area contributed by atoms with Gasteiger partial charge in [0.25, 0.3) is 0 Å². The molecule has 0 spiro atoms. The predicted molar refractivity (Wildman–Crippen MR) is 100 cm³/mol. The molecule has 1 N–H and O–H groups in total. The number of aromatic nitrogens is 2. The number of aryl methyl sites for hydroxylation is 1. The third-order valence-corrected chi connectivity index (χ3v) is 5.68. The molecule has 4 nitrogen and oxygen atoms in total. The van der Waals surface area contributed by atoms with E-state index in [1.807, 2.05) is 18.3 Å². The number of amides is 1. The van der Waals surface area contributed by atoms with E-state index in [1.54, 1.807) is 0 Å². The molecule has 1 aromatic carbocycles. The first-order valence-electron chi connectivity index (χ1n) is 9.74. The molecular weight excluding hydrogens is 310 g/mol. The smallest absolute Gasteiger partial charge is 0.224 e. The standard InChI is InChI=1S/C21H27N3O/c25-20(13-8-16-5-1-2-6-16)23-18-11-9-17(10-12-18)21-22-15-19-7-3-4-14-24(19)21/h9-12,15-16H,1-8,13-14H2,(H,23,25). The van der Waals surface area contributed by atoms with Crippen molar-refractivity contribution in [1.82, 2.24) is 9.55 Å². The maximum absolute atomic E-state index is 12.1. The van der Waals surface area contributed by atoms with Crippen molar-refractivity contribution >= 4 is 11.6 Å². The summed E-state index contributed by atoms with van der Waals surface area (Å²) >= 11 is 0. The molecule has 1 aliphatic heterocycles. The SMILES string of the molecule is O=C(CCC1CCCC1)Nc1ccc(-c2ncc3n2CCCC3)cc1. The maximum atomic E-state index is 12.1. The Morgan fingerprint density at radius 3 is 2.72 bits per heavy atom. The molecule has 4 rings (SSSR count). The third kappa shape index (κ3) is 3.78. The van der Waals surface area contributed by atoms with Gasteiger partial charge in [-0.3, -0.25) is 4.79 Å². The van der Waals surface area contributed by atoms with Crippen molar-refractivity contribution in [1.29, 1.82) is 0 Å². The number of imidazole rings is 1. The normalized spacial score (nSPS) is 17.4. The molecular formula is C21H27N3O. The van der Waals surface area contributed by atoms with Gasteiger partial charge in [0, 0.05) is 36.1 Å². The molecule has 2 aromatic rings. The van der Waals surface area contributed by atoms with Crippen molar-refractivity contribution in [2.75, 3.05) is 5.32 Å². The summed E-state index contributed by atoms with van der Waals surface area (Å²) in [4.78, 5) is 16.8. The van der Waals surface area contributed by atoms with Crippen LogP contribution in [0.15, 0.2) is 30.5 Å². The summed E-state index contributed by atoms with van der Waals surface area (Å²) in [5, 5.41) is 3.03. The van der Waals surface area contributed by atoms with Crippen LogP contribution in [0.3, 0.4) is 0 Å². The molecule has 0 atom stereocenters. The van der Waals surface area contributed by atoms with Crippen LogP contribution in [0.5, 0.6) is 0 Å². The molecule has 0 saturated heterocycles. The number of fused-ring (bicyclic) bond motifs is 1. The first-order chi connectivity index (χ1) is 12.3. The van der Waals surface area contributed by atoms with E-state index in [-0.39, 0.29) is 5.91 Å². The second kappa shape index (κ2) is 7.42. The first-order valence-corrected chi connectivity index (χ1v) is 9.74. The zero-order valence-electron chi connectivity index (χ0n) is 14.8. The monoisotopic (exact) mass is 337 g/mol. The highest BCUT2D eigenvalue weighted by Crippen LogP contribution is 2.29. The Balaban J connectivity index is 1.37. The molecule has 0 unspecified atom stereocenters. The van der Waals surface area contributed by atoms with Gasteiger partial charge in [0.15, 0.2) is 0 Å². The maximum Gasteiger partial charge on any atom is 0.224 e. The van der Waals surface area contributed by atoms with Crippen LogP contribution in [0.1, 0.15) is 57.1 Å². The lowest BCUT2D eigenvalue weighted by Crippen LogP contribution is -2.13. The second-order valence-corrected chi connectivity index (χ2v) is 7.50. The first kappa shape index (κ1) is 16.4. The molecule has 25 heavy (non-hydrogen) atoms. The predicted octanol–water partition coefficient (Wildman–Crippen LogP) is 4.80. The van der Waals surface area contributed by atoms with Crippen molar-refractivity contribution < 1.29 is 4.79 Å². The second-order valence-electron chi connectivity index (χ2n) is 7.50. The average Bonchev–Trinajstić information content (AvgIpc) is 3.30. The van der Waals surface area contributed by atoms with Crippen molar-refractivity contribution in [3.8, 4) is 11.4 Å². The van der Waals surface area contributed by atoms with Crippen molar-refractivity contribution in [2.45, 2.75) is 64.3 Å². The van der Waals surface area contributed by atoms with Crippen LogP contribution in [0, 0.1) is 5.92 Å². The zero-order valence-corrected chi connectivity index (χ0v) is 14.8. The van der Waals surface area contributed by atoms with Crippen LogP contribution >= 0.6 is 0 Å². The fourth-order valence-electron chi connectivity index (χ4n) is 4.23. The van der Waals surface area contributed by atoms with Crippen LogP contribution in [-0.2, 0) is 17.8 Å². The number of hydrogen-bond donors (Lipinski definition) is 1. The van der Waals surface area contributed by atoms with Gasteiger partial charge in [-0.25, -0.2) is 4.98 Å². The minimum atomic E-state index is 0.137. The molecule has 1 aromatic heterocycles. The highest BCUT2D eigenvalue weighted by atomic mass is 16.1. The van der Waals surface area contributed by atoms with E-state index in [0.29, 0.717) is 6.42 Å². The van der Waals surface area contributed by atoms with Crippen molar-refractivity contribution in [3.05, 3.63) is 36.2 Å². The molecule has 0 bridgehead atoms. The molecule has 0 radical (unpaired) electrons. The van der Waals surface area contributed by atoms with Gasteiger partial charge in [-0.15, -0.1) is 0 Å². The van der Waals surface area contributed by atoms with Gasteiger partial charge in [-0.1, -0.05) is 25.7 Å². The molecule has 1 amide bonds. The summed E-state index contributed by atoms with van der Waals surface area (Å²) < 4.78 is 2.33. The zero-order chi connectivity index (χ0) is 17.1. The Bertz CT molecular complexity index is 726. The summed E-state index contributed by atoms with van der Waals surface area (Å²) in [5.41, 5.74) is 3.34. The van der Waals surface area contributed by atoms with Crippen molar-refractivity contribution in [3.63, 3.8) is 0 Å². The fraction of sp³-hybridized carbons (Fsp3) is 0.524. The molecule has 1 fully saturated rings. The van der Waals surface area contributed by atoms with Gasteiger partial charge in [0.2, 0.25) is 5.91 Å². The molecule has 132 valence electrons. The van der Waals surface area contributed by atoms with Gasteiger partial charge >= 0.3 is 0 Å². The molecule has 2 aliphatic rings. The number of carbonyl (C=O) groups is 1. The molecule has 1 saturated carbocycles. The Hall–Kier alpha value is -2.10. The number of hydrogen-bond acceptors (Lipinski definition) is 2. The fourth-order valence-corrected chi connectivity index (χ4v) is 4.23. The Kier molecular flexibility index (Phi) is 4.86. The Morgan fingerprint density at radius 2 is 1.92 bits per heavy atom. The largest absolute Gasteiger partial charge is 0.328 e. The Morgan fingerprint density at radius 1 is 1.12 bits per heavy atom. The van der Waals surface area contributed by atoms with Gasteiger partial charge in [-0.2, -0.15) is 0 Å². The number of benzene rings is 1. The van der Waals surface area contributed by atoms with Crippen LogP contribution in [0.25, 0.3) is 11.4 Å². The summed E-state index contributed by atoms with van der Waals surface area (Å²) in [6, 6.07) is 8.12. The van der Waals surface area contributed by atoms with Gasteiger partial charge in [-0.05, 0) is 55.9 Å². The summed E-state index contributed by atoms with van der Waals surface area (Å²) in [7, 11) is 0. The summed E-state index contributed by atoms with van der Waals surface area (Å²) in [6.07, 6.45) is 12.6. The van der Waals surface area contributed by atoms with Gasteiger partial charge < -0.3 is 9.88 Å². The lowest BCUT2D eigenvalue weighted by molar-refractivity contribution is -0.116. The lowest BCUT2D eigenvalue weighted by Gasteiger charge is -2.16. The lowest BCUT2D eigenvalue weighted by atomic mass is 10.0. The molecule has 4 heteroatoms. The average molecular weight is 337 g/mol. The van der Waals surface area contributed by atoms with E-state index in [1.165, 1.54) is 44.2 Å². The van der Waals surface area contributed by atoms with E-state index in [0.717, 1.165) is 42.4 Å². The number of rotatable bonds is 5. The van der Waals surface area contributed by atoms with Crippen molar-refractivity contribution in [2.24, 2.45) is 5.92 Å². The highest BCUT2D eigenvalue weighted by molar-refractivity contribution is 5.90. The number of anilines is 1. The summed E-state index contributed by atoms with van der Waals surface area (Å²) in [5.74, 6) is 1.95. The van der Waals surface area contributed by atoms with E-state index in [2.05, 4.69) is 27.0 Å². The minimum Gasteiger partial charge on any atom is -0.328 e. The van der Waals surface area contributed by atoms with E-state index >= 15 is 0 Å².